The molecule has 1 aromatic carbocycles. The molecule has 0 unspecified atom stereocenters. The van der Waals surface area contributed by atoms with E-state index in [2.05, 4.69) is 16.0 Å². The highest BCUT2D eigenvalue weighted by atomic mass is 32.2. The third kappa shape index (κ3) is 4.35. The van der Waals surface area contributed by atoms with E-state index >= 15 is 0 Å². The molecule has 0 radical (unpaired) electrons. The second-order valence-corrected chi connectivity index (χ2v) is 7.58. The molecular weight excluding hydrogens is 326 g/mol. The molecule has 3 amide bonds. The van der Waals surface area contributed by atoms with Crippen molar-refractivity contribution in [1.82, 2.24) is 16.0 Å². The van der Waals surface area contributed by atoms with Crippen LogP contribution in [0.25, 0.3) is 0 Å². The van der Waals surface area contributed by atoms with E-state index < -0.39 is 0 Å². The largest absolute Gasteiger partial charge is 0.508 e. The van der Waals surface area contributed by atoms with Gasteiger partial charge >= 0.3 is 6.03 Å². The van der Waals surface area contributed by atoms with Crippen LogP contribution in [0.2, 0.25) is 0 Å². The first-order valence-corrected chi connectivity index (χ1v) is 9.40. The molecule has 2 fully saturated rings. The molecule has 2 aliphatic rings. The van der Waals surface area contributed by atoms with Crippen LogP contribution in [-0.2, 0) is 11.3 Å². The topological polar surface area (TPSA) is 90.5 Å². The molecule has 7 heteroatoms. The number of nitrogens with one attached hydrogen (secondary N) is 3. The minimum atomic E-state index is -0.0519. The van der Waals surface area contributed by atoms with Crippen LogP contribution in [0, 0.1) is 0 Å². The number of unbranched alkanes of at least 4 members (excludes halogenated alkanes) is 1. The van der Waals surface area contributed by atoms with Gasteiger partial charge in [0.05, 0.1) is 12.1 Å². The van der Waals surface area contributed by atoms with E-state index in [-0.39, 0.29) is 29.8 Å². The smallest absolute Gasteiger partial charge is 0.315 e. The number of phenolic OH excluding ortho intramolecular Hbond substituents is 1. The molecule has 0 bridgehead atoms. The Labute approximate surface area is 145 Å². The van der Waals surface area contributed by atoms with Gasteiger partial charge in [0.2, 0.25) is 5.91 Å². The molecule has 0 aromatic heterocycles. The number of urea groups is 1. The molecule has 2 heterocycles. The van der Waals surface area contributed by atoms with Gasteiger partial charge < -0.3 is 21.1 Å². The van der Waals surface area contributed by atoms with Crippen molar-refractivity contribution in [1.29, 1.82) is 0 Å². The molecule has 6 nitrogen and oxygen atoms in total. The van der Waals surface area contributed by atoms with Crippen molar-refractivity contribution < 1.29 is 14.7 Å². The summed E-state index contributed by atoms with van der Waals surface area (Å²) in [6.07, 6.45) is 3.40. The summed E-state index contributed by atoms with van der Waals surface area (Å²) >= 11 is 1.91. The number of phenols is 1. The molecule has 3 rings (SSSR count). The van der Waals surface area contributed by atoms with Crippen LogP contribution in [0.1, 0.15) is 31.2 Å². The first kappa shape index (κ1) is 17.0. The summed E-state index contributed by atoms with van der Waals surface area (Å²) in [7, 11) is 0. The number of aromatic hydroxyl groups is 1. The summed E-state index contributed by atoms with van der Waals surface area (Å²) in [5.74, 6) is 1.25. The van der Waals surface area contributed by atoms with E-state index in [0.29, 0.717) is 18.2 Å². The first-order valence-electron chi connectivity index (χ1n) is 8.35. The normalized spacial score (nSPS) is 25.0. The van der Waals surface area contributed by atoms with Crippen molar-refractivity contribution >= 4 is 23.7 Å². The fourth-order valence-corrected chi connectivity index (χ4v) is 4.72. The number of fused-ring (bicyclic) bond motifs is 1. The van der Waals surface area contributed by atoms with Crippen LogP contribution < -0.4 is 16.0 Å². The number of thioether (sulfide) groups is 1. The molecule has 0 spiro atoms. The molecular formula is C17H23N3O3S. The lowest BCUT2D eigenvalue weighted by Crippen LogP contribution is -2.36. The highest BCUT2D eigenvalue weighted by Crippen LogP contribution is 2.33. The zero-order valence-electron chi connectivity index (χ0n) is 13.5. The minimum absolute atomic E-state index is 0.0517. The summed E-state index contributed by atoms with van der Waals surface area (Å²) in [5.41, 5.74) is 0.971. The van der Waals surface area contributed by atoms with Gasteiger partial charge in [0.1, 0.15) is 5.75 Å². The van der Waals surface area contributed by atoms with Gasteiger partial charge in [-0.1, -0.05) is 18.6 Å². The molecule has 0 aliphatic carbocycles. The maximum Gasteiger partial charge on any atom is 0.315 e. The Bertz CT molecular complexity index is 593. The molecule has 0 saturated carbocycles. The standard InChI is InChI=1S/C17H23N3O3S/c21-12-7-5-11(6-8-12)9-18-15(22)4-2-1-3-14-16-13(10-24-14)19-17(23)20-16/h5-8,13-14,16,21H,1-4,9-10H2,(H,18,22)(H2,19,20,23)/t13-,14-,16-/m0/s1. The van der Waals surface area contributed by atoms with Gasteiger partial charge in [-0.25, -0.2) is 4.79 Å². The summed E-state index contributed by atoms with van der Waals surface area (Å²) in [6.45, 7) is 0.485. The molecule has 2 saturated heterocycles. The summed E-state index contributed by atoms with van der Waals surface area (Å²) in [6, 6.07) is 7.28. The van der Waals surface area contributed by atoms with Gasteiger partial charge in [-0.05, 0) is 30.5 Å². The predicted molar refractivity (Wildman–Crippen MR) is 93.9 cm³/mol. The summed E-state index contributed by atoms with van der Waals surface area (Å²) in [4.78, 5) is 23.2. The van der Waals surface area contributed by atoms with E-state index in [1.807, 2.05) is 11.8 Å². The van der Waals surface area contributed by atoms with Crippen LogP contribution >= 0.6 is 11.8 Å². The number of rotatable bonds is 7. The predicted octanol–water partition coefficient (Wildman–Crippen LogP) is 1.73. The van der Waals surface area contributed by atoms with Gasteiger partial charge in [0, 0.05) is 24.0 Å². The second-order valence-electron chi connectivity index (χ2n) is 6.31. The molecule has 24 heavy (non-hydrogen) atoms. The van der Waals surface area contributed by atoms with E-state index in [9.17, 15) is 14.7 Å². The quantitative estimate of drug-likeness (QED) is 0.446. The van der Waals surface area contributed by atoms with Gasteiger partial charge in [-0.3, -0.25) is 4.79 Å². The monoisotopic (exact) mass is 349 g/mol. The van der Waals surface area contributed by atoms with Crippen LogP contribution in [0.4, 0.5) is 4.79 Å². The fraction of sp³-hybridized carbons (Fsp3) is 0.529. The maximum atomic E-state index is 11.9. The lowest BCUT2D eigenvalue weighted by molar-refractivity contribution is -0.121. The van der Waals surface area contributed by atoms with Crippen molar-refractivity contribution in [3.8, 4) is 5.75 Å². The van der Waals surface area contributed by atoms with Crippen LogP contribution in [0.3, 0.4) is 0 Å². The number of hydrogen-bond donors (Lipinski definition) is 4. The Balaban J connectivity index is 1.30. The molecule has 2 aliphatic heterocycles. The zero-order chi connectivity index (χ0) is 16.9. The highest BCUT2D eigenvalue weighted by Gasteiger charge is 2.42. The number of carbonyl (C=O) groups excluding carboxylic acids is 2. The third-order valence-electron chi connectivity index (χ3n) is 4.51. The average molecular weight is 349 g/mol. The van der Waals surface area contributed by atoms with E-state index in [1.165, 1.54) is 0 Å². The van der Waals surface area contributed by atoms with Crippen LogP contribution in [-0.4, -0.2) is 40.1 Å². The van der Waals surface area contributed by atoms with Crippen molar-refractivity contribution in [2.24, 2.45) is 0 Å². The van der Waals surface area contributed by atoms with Gasteiger partial charge in [-0.15, -0.1) is 0 Å². The number of benzene rings is 1. The van der Waals surface area contributed by atoms with Gasteiger partial charge in [-0.2, -0.15) is 11.8 Å². The minimum Gasteiger partial charge on any atom is -0.508 e. The van der Waals surface area contributed by atoms with Gasteiger partial charge in [0.15, 0.2) is 0 Å². The zero-order valence-corrected chi connectivity index (χ0v) is 14.3. The van der Waals surface area contributed by atoms with Crippen molar-refractivity contribution in [3.05, 3.63) is 29.8 Å². The molecule has 130 valence electrons. The SMILES string of the molecule is O=C(CCCC[C@@H]1SC[C@@H]2NC(=O)N[C@@H]21)NCc1ccc(O)cc1. The number of carbonyl (C=O) groups is 2. The van der Waals surface area contributed by atoms with Crippen LogP contribution in [0.5, 0.6) is 5.75 Å². The fourth-order valence-electron chi connectivity index (χ4n) is 3.18. The Morgan fingerprint density at radius 2 is 2.04 bits per heavy atom. The Morgan fingerprint density at radius 1 is 1.25 bits per heavy atom. The highest BCUT2D eigenvalue weighted by molar-refractivity contribution is 8.00. The van der Waals surface area contributed by atoms with Crippen molar-refractivity contribution in [3.63, 3.8) is 0 Å². The van der Waals surface area contributed by atoms with Gasteiger partial charge in [0.25, 0.3) is 0 Å². The van der Waals surface area contributed by atoms with Crippen LogP contribution in [0.15, 0.2) is 24.3 Å². The van der Waals surface area contributed by atoms with Crippen molar-refractivity contribution in [2.75, 3.05) is 5.75 Å². The third-order valence-corrected chi connectivity index (χ3v) is 6.02. The van der Waals surface area contributed by atoms with Crippen molar-refractivity contribution in [2.45, 2.75) is 49.6 Å². The maximum absolute atomic E-state index is 11.9. The molecule has 3 atom stereocenters. The Hall–Kier alpha value is -1.89. The summed E-state index contributed by atoms with van der Waals surface area (Å²) < 4.78 is 0. The van der Waals surface area contributed by atoms with E-state index in [4.69, 9.17) is 0 Å². The lowest BCUT2D eigenvalue weighted by atomic mass is 10.0. The lowest BCUT2D eigenvalue weighted by Gasteiger charge is -2.16. The number of hydrogen-bond acceptors (Lipinski definition) is 4. The Kier molecular flexibility index (Phi) is 5.50. The molecule has 1 aromatic rings. The first-order chi connectivity index (χ1) is 11.6. The number of amides is 3. The van der Waals surface area contributed by atoms with E-state index in [1.54, 1.807) is 24.3 Å². The average Bonchev–Trinajstić information content (AvgIpc) is 3.10. The second kappa shape index (κ2) is 7.79. The molecule has 4 N–H and O–H groups in total. The Morgan fingerprint density at radius 3 is 2.83 bits per heavy atom. The summed E-state index contributed by atoms with van der Waals surface area (Å²) in [5, 5.41) is 18.5. The van der Waals surface area contributed by atoms with E-state index in [0.717, 1.165) is 30.6 Å².